The fourth-order valence-electron chi connectivity index (χ4n) is 1.43. The van der Waals surface area contributed by atoms with Crippen LogP contribution in [0.2, 0.25) is 0 Å². The summed E-state index contributed by atoms with van der Waals surface area (Å²) in [5.74, 6) is -0.887. The third kappa shape index (κ3) is 2.08. The number of hydrogen-bond donors (Lipinski definition) is 2. The lowest BCUT2D eigenvalue weighted by Gasteiger charge is -2.04. The predicted molar refractivity (Wildman–Crippen MR) is 62.9 cm³/mol. The number of nitrogens with two attached hydrogens (primary N) is 2. The Morgan fingerprint density at radius 1 is 1.24 bits per heavy atom. The number of aromatic nitrogens is 1. The number of halogens is 1. The van der Waals surface area contributed by atoms with Gasteiger partial charge in [0.1, 0.15) is 11.6 Å². The maximum absolute atomic E-state index is 13.2. The Morgan fingerprint density at radius 3 is 2.65 bits per heavy atom. The smallest absolute Gasteiger partial charge is 0.196 e. The van der Waals surface area contributed by atoms with Crippen molar-refractivity contribution in [2.45, 2.75) is 0 Å². The van der Waals surface area contributed by atoms with Crippen LogP contribution in [0.15, 0.2) is 36.5 Å². The molecule has 0 amide bonds. The van der Waals surface area contributed by atoms with Gasteiger partial charge in [-0.1, -0.05) is 0 Å². The van der Waals surface area contributed by atoms with Crippen molar-refractivity contribution in [2.75, 3.05) is 11.5 Å². The molecule has 0 bridgehead atoms. The molecule has 4 N–H and O–H groups in total. The van der Waals surface area contributed by atoms with Gasteiger partial charge in [-0.2, -0.15) is 0 Å². The van der Waals surface area contributed by atoms with E-state index < -0.39 is 5.82 Å². The number of anilines is 2. The Morgan fingerprint density at radius 2 is 2.00 bits per heavy atom. The molecular weight excluding hydrogens is 221 g/mol. The predicted octanol–water partition coefficient (Wildman–Crippen LogP) is 1.62. The number of carbonyl (C=O) groups is 1. The first-order valence-corrected chi connectivity index (χ1v) is 4.90. The van der Waals surface area contributed by atoms with Gasteiger partial charge < -0.3 is 11.5 Å². The Kier molecular flexibility index (Phi) is 2.74. The number of benzene rings is 1. The van der Waals surface area contributed by atoms with Gasteiger partial charge in [0.25, 0.3) is 0 Å². The molecule has 2 aromatic rings. The molecule has 0 saturated carbocycles. The van der Waals surface area contributed by atoms with Crippen LogP contribution in [-0.2, 0) is 0 Å². The molecule has 5 heteroatoms. The van der Waals surface area contributed by atoms with E-state index in [1.807, 2.05) is 0 Å². The highest BCUT2D eigenvalue weighted by Crippen LogP contribution is 2.17. The van der Waals surface area contributed by atoms with Crippen molar-refractivity contribution < 1.29 is 9.18 Å². The van der Waals surface area contributed by atoms with Crippen LogP contribution in [-0.4, -0.2) is 10.8 Å². The average molecular weight is 231 g/mol. The maximum atomic E-state index is 13.2. The zero-order valence-electron chi connectivity index (χ0n) is 8.85. The Bertz CT molecular complexity index is 584. The summed E-state index contributed by atoms with van der Waals surface area (Å²) >= 11 is 0. The van der Waals surface area contributed by atoms with Gasteiger partial charge in [-0.05, 0) is 30.3 Å². The zero-order chi connectivity index (χ0) is 12.4. The molecule has 0 aliphatic carbocycles. The summed E-state index contributed by atoms with van der Waals surface area (Å²) in [4.78, 5) is 15.8. The molecule has 1 aromatic carbocycles. The van der Waals surface area contributed by atoms with Crippen molar-refractivity contribution in [3.63, 3.8) is 0 Å². The second-order valence-electron chi connectivity index (χ2n) is 3.50. The molecule has 0 fully saturated rings. The highest BCUT2D eigenvalue weighted by Gasteiger charge is 2.13. The van der Waals surface area contributed by atoms with Crippen molar-refractivity contribution >= 4 is 17.3 Å². The molecule has 86 valence electrons. The van der Waals surface area contributed by atoms with Gasteiger partial charge in [0, 0.05) is 11.8 Å². The van der Waals surface area contributed by atoms with Crippen molar-refractivity contribution in [1.82, 2.24) is 4.98 Å². The summed E-state index contributed by atoms with van der Waals surface area (Å²) in [5, 5.41) is 0. The van der Waals surface area contributed by atoms with Gasteiger partial charge >= 0.3 is 0 Å². The number of hydrogen-bond acceptors (Lipinski definition) is 4. The van der Waals surface area contributed by atoms with Gasteiger partial charge in [0.2, 0.25) is 0 Å². The largest absolute Gasteiger partial charge is 0.396 e. The Hall–Kier alpha value is -2.43. The fraction of sp³-hybridized carbons (Fsp3) is 0. The molecule has 1 aromatic heterocycles. The summed E-state index contributed by atoms with van der Waals surface area (Å²) in [6.45, 7) is 0. The van der Waals surface area contributed by atoms with Crippen LogP contribution in [0.1, 0.15) is 15.9 Å². The van der Waals surface area contributed by atoms with Crippen LogP contribution in [0, 0.1) is 5.82 Å². The van der Waals surface area contributed by atoms with E-state index in [0.29, 0.717) is 0 Å². The molecule has 4 nitrogen and oxygen atoms in total. The van der Waals surface area contributed by atoms with Gasteiger partial charge in [0.15, 0.2) is 5.78 Å². The third-order valence-corrected chi connectivity index (χ3v) is 2.35. The van der Waals surface area contributed by atoms with Crippen LogP contribution >= 0.6 is 0 Å². The number of rotatable bonds is 2. The molecule has 0 aliphatic heterocycles. The van der Waals surface area contributed by atoms with E-state index in [2.05, 4.69) is 4.98 Å². The first-order valence-electron chi connectivity index (χ1n) is 4.90. The summed E-state index contributed by atoms with van der Waals surface area (Å²) in [6, 6.07) is 7.02. The summed E-state index contributed by atoms with van der Waals surface area (Å²) < 4.78 is 13.2. The molecule has 0 saturated heterocycles. The average Bonchev–Trinajstić information content (AvgIpc) is 2.32. The molecular formula is C12H10FN3O. The van der Waals surface area contributed by atoms with Crippen molar-refractivity contribution in [2.24, 2.45) is 0 Å². The number of ketones is 1. The molecule has 17 heavy (non-hydrogen) atoms. The van der Waals surface area contributed by atoms with Crippen molar-refractivity contribution in [3.05, 3.63) is 53.5 Å². The molecule has 1 heterocycles. The molecule has 0 spiro atoms. The molecule has 2 rings (SSSR count). The van der Waals surface area contributed by atoms with Crippen LogP contribution in [0.5, 0.6) is 0 Å². The Balaban J connectivity index is 2.44. The van der Waals surface area contributed by atoms with Gasteiger partial charge in [-0.15, -0.1) is 0 Å². The normalized spacial score (nSPS) is 10.2. The lowest BCUT2D eigenvalue weighted by molar-refractivity contribution is 0.103. The molecule has 0 radical (unpaired) electrons. The second-order valence-corrected chi connectivity index (χ2v) is 3.50. The van der Waals surface area contributed by atoms with E-state index in [-0.39, 0.29) is 28.4 Å². The zero-order valence-corrected chi connectivity index (χ0v) is 8.85. The topological polar surface area (TPSA) is 82.0 Å². The second kappa shape index (κ2) is 4.21. The minimum atomic E-state index is -0.627. The van der Waals surface area contributed by atoms with E-state index in [4.69, 9.17) is 11.5 Å². The van der Waals surface area contributed by atoms with E-state index in [0.717, 1.165) is 6.07 Å². The quantitative estimate of drug-likeness (QED) is 0.607. The first kappa shape index (κ1) is 11.1. The standard InChI is InChI=1S/C12H10FN3O/c13-9-6-7(3-4-10(9)14)11(17)8-2-1-5-16-12(8)15/h1-6H,14H2,(H2,15,16). The van der Waals surface area contributed by atoms with Crippen LogP contribution in [0.4, 0.5) is 15.9 Å². The number of carbonyl (C=O) groups excluding carboxylic acids is 1. The van der Waals surface area contributed by atoms with Crippen molar-refractivity contribution in [1.29, 1.82) is 0 Å². The molecule has 0 unspecified atom stereocenters. The highest BCUT2D eigenvalue weighted by atomic mass is 19.1. The van der Waals surface area contributed by atoms with Gasteiger partial charge in [-0.3, -0.25) is 4.79 Å². The molecule has 0 atom stereocenters. The lowest BCUT2D eigenvalue weighted by Crippen LogP contribution is -2.07. The van der Waals surface area contributed by atoms with Crippen LogP contribution in [0.3, 0.4) is 0 Å². The summed E-state index contributed by atoms with van der Waals surface area (Å²) in [6.07, 6.45) is 1.48. The third-order valence-electron chi connectivity index (χ3n) is 2.35. The fourth-order valence-corrected chi connectivity index (χ4v) is 1.43. The maximum Gasteiger partial charge on any atom is 0.196 e. The number of nitrogen functional groups attached to an aromatic ring is 2. The number of nitrogens with zero attached hydrogens (tertiary/aromatic N) is 1. The lowest BCUT2D eigenvalue weighted by atomic mass is 10.0. The van der Waals surface area contributed by atoms with Gasteiger partial charge in [0.05, 0.1) is 11.3 Å². The molecule has 0 aliphatic rings. The summed E-state index contributed by atoms with van der Waals surface area (Å²) in [7, 11) is 0. The van der Waals surface area contributed by atoms with Crippen LogP contribution in [0.25, 0.3) is 0 Å². The van der Waals surface area contributed by atoms with Crippen molar-refractivity contribution in [3.8, 4) is 0 Å². The van der Waals surface area contributed by atoms with E-state index in [1.165, 1.54) is 18.3 Å². The van der Waals surface area contributed by atoms with E-state index in [9.17, 15) is 9.18 Å². The Labute approximate surface area is 97.1 Å². The SMILES string of the molecule is Nc1ccc(C(=O)c2cccnc2N)cc1F. The van der Waals surface area contributed by atoms with E-state index >= 15 is 0 Å². The minimum absolute atomic E-state index is 0.000656. The number of pyridine rings is 1. The van der Waals surface area contributed by atoms with E-state index in [1.54, 1.807) is 12.1 Å². The first-order chi connectivity index (χ1) is 8.09. The monoisotopic (exact) mass is 231 g/mol. The van der Waals surface area contributed by atoms with Crippen LogP contribution < -0.4 is 11.5 Å². The van der Waals surface area contributed by atoms with Gasteiger partial charge in [-0.25, -0.2) is 9.37 Å². The highest BCUT2D eigenvalue weighted by molar-refractivity contribution is 6.11. The summed E-state index contributed by atoms with van der Waals surface area (Å²) in [5.41, 5.74) is 11.3. The minimum Gasteiger partial charge on any atom is -0.396 e.